The minimum Gasteiger partial charge on any atom is -0.292 e. The number of amides is 2. The van der Waals surface area contributed by atoms with Crippen molar-refractivity contribution in [3.8, 4) is 0 Å². The van der Waals surface area contributed by atoms with Crippen molar-refractivity contribution in [3.63, 3.8) is 0 Å². The van der Waals surface area contributed by atoms with Gasteiger partial charge in [0, 0.05) is 5.56 Å². The molecule has 22 heavy (non-hydrogen) atoms. The van der Waals surface area contributed by atoms with Crippen LogP contribution in [0.15, 0.2) is 24.4 Å². The Hall–Kier alpha value is -2.58. The lowest BCUT2D eigenvalue weighted by Gasteiger charge is -2.10. The Morgan fingerprint density at radius 2 is 2.00 bits per heavy atom. The van der Waals surface area contributed by atoms with Gasteiger partial charge in [0.1, 0.15) is 17.3 Å². The number of pyridine rings is 1. The lowest BCUT2D eigenvalue weighted by atomic mass is 10.1. The van der Waals surface area contributed by atoms with E-state index in [9.17, 15) is 18.0 Å². The van der Waals surface area contributed by atoms with Gasteiger partial charge in [-0.05, 0) is 18.1 Å². The van der Waals surface area contributed by atoms with Crippen molar-refractivity contribution in [2.75, 3.05) is 10.6 Å². The number of hydrogen-bond acceptors (Lipinski definition) is 3. The fourth-order valence-corrected chi connectivity index (χ4v) is 1.76. The molecule has 0 atom stereocenters. The minimum atomic E-state index is -4.57. The molecule has 0 aliphatic carbocycles. The zero-order valence-electron chi connectivity index (χ0n) is 11.8. The van der Waals surface area contributed by atoms with Crippen LogP contribution in [0.25, 0.3) is 0 Å². The first-order valence-electron chi connectivity index (χ1n) is 6.43. The van der Waals surface area contributed by atoms with Crippen molar-refractivity contribution in [2.24, 2.45) is 0 Å². The highest BCUT2D eigenvalue weighted by molar-refractivity contribution is 5.98. The van der Waals surface area contributed by atoms with Crippen LogP contribution in [0.4, 0.5) is 29.6 Å². The van der Waals surface area contributed by atoms with Gasteiger partial charge in [-0.25, -0.2) is 9.78 Å². The molecular weight excluding hydrogens is 299 g/mol. The molecule has 9 heteroatoms. The molecule has 0 aliphatic heterocycles. The van der Waals surface area contributed by atoms with Crippen LogP contribution in [-0.2, 0) is 6.18 Å². The number of nitrogens with one attached hydrogen (secondary N) is 3. The predicted octanol–water partition coefficient (Wildman–Crippen LogP) is 3.59. The maximum absolute atomic E-state index is 12.5. The second-order valence-electron chi connectivity index (χ2n) is 4.84. The first-order chi connectivity index (χ1) is 10.3. The molecule has 0 unspecified atom stereocenters. The Morgan fingerprint density at radius 3 is 2.64 bits per heavy atom. The van der Waals surface area contributed by atoms with Gasteiger partial charge < -0.3 is 0 Å². The maximum Gasteiger partial charge on any atom is 0.433 e. The zero-order valence-corrected chi connectivity index (χ0v) is 11.8. The van der Waals surface area contributed by atoms with E-state index in [1.54, 1.807) is 6.20 Å². The normalized spacial score (nSPS) is 11.5. The Bertz CT molecular complexity index is 666. The van der Waals surface area contributed by atoms with Crippen molar-refractivity contribution < 1.29 is 18.0 Å². The Labute approximate surface area is 124 Å². The monoisotopic (exact) mass is 313 g/mol. The van der Waals surface area contributed by atoms with Crippen LogP contribution in [0.3, 0.4) is 0 Å². The third-order valence-electron chi connectivity index (χ3n) is 2.81. The van der Waals surface area contributed by atoms with Crippen molar-refractivity contribution >= 4 is 17.7 Å². The van der Waals surface area contributed by atoms with Crippen molar-refractivity contribution in [1.82, 2.24) is 15.2 Å². The van der Waals surface area contributed by atoms with E-state index in [2.05, 4.69) is 25.8 Å². The molecule has 2 aromatic heterocycles. The van der Waals surface area contributed by atoms with Gasteiger partial charge in [-0.15, -0.1) is 0 Å². The van der Waals surface area contributed by atoms with E-state index in [0.29, 0.717) is 5.82 Å². The van der Waals surface area contributed by atoms with Gasteiger partial charge in [-0.3, -0.25) is 15.7 Å². The van der Waals surface area contributed by atoms with E-state index in [1.807, 2.05) is 13.8 Å². The molecule has 0 saturated heterocycles. The van der Waals surface area contributed by atoms with E-state index in [4.69, 9.17) is 0 Å². The molecule has 3 N–H and O–H groups in total. The molecule has 118 valence electrons. The number of anilines is 2. The Kier molecular flexibility index (Phi) is 4.34. The van der Waals surface area contributed by atoms with Crippen molar-refractivity contribution in [2.45, 2.75) is 25.9 Å². The summed E-state index contributed by atoms with van der Waals surface area (Å²) in [6.07, 6.45) is -2.99. The number of alkyl halides is 3. The molecule has 6 nitrogen and oxygen atoms in total. The number of H-pyrrole nitrogens is 1. The number of carbonyl (C=O) groups excluding carboxylic acids is 1. The summed E-state index contributed by atoms with van der Waals surface area (Å²) >= 11 is 0. The summed E-state index contributed by atoms with van der Waals surface area (Å²) < 4.78 is 37.6. The lowest BCUT2D eigenvalue weighted by Crippen LogP contribution is -2.22. The quantitative estimate of drug-likeness (QED) is 0.809. The topological polar surface area (TPSA) is 82.7 Å². The second-order valence-corrected chi connectivity index (χ2v) is 4.84. The van der Waals surface area contributed by atoms with E-state index in [-0.39, 0.29) is 11.7 Å². The van der Waals surface area contributed by atoms with Crippen LogP contribution < -0.4 is 10.6 Å². The van der Waals surface area contributed by atoms with Gasteiger partial charge in [0.25, 0.3) is 0 Å². The smallest absolute Gasteiger partial charge is 0.292 e. The standard InChI is InChI=1S/C13H14F3N5O/c1-7(2)8-6-17-21-11(8)20-12(22)19-10-5-3-4-9(18-10)13(14,15)16/h3-7H,1-2H3,(H3,17,18,19,20,21,22). The summed E-state index contributed by atoms with van der Waals surface area (Å²) in [7, 11) is 0. The Balaban J connectivity index is 2.08. The molecule has 2 heterocycles. The second kappa shape index (κ2) is 6.04. The molecule has 0 spiro atoms. The molecule has 0 bridgehead atoms. The number of carbonyl (C=O) groups is 1. The minimum absolute atomic E-state index is 0.126. The van der Waals surface area contributed by atoms with Gasteiger partial charge in [0.2, 0.25) is 0 Å². The van der Waals surface area contributed by atoms with Crippen LogP contribution in [0, 0.1) is 0 Å². The average Bonchev–Trinajstić information content (AvgIpc) is 2.86. The predicted molar refractivity (Wildman–Crippen MR) is 74.6 cm³/mol. The molecule has 0 fully saturated rings. The van der Waals surface area contributed by atoms with E-state index in [0.717, 1.165) is 11.6 Å². The largest absolute Gasteiger partial charge is 0.433 e. The molecular formula is C13H14F3N5O. The van der Waals surface area contributed by atoms with Crippen molar-refractivity contribution in [3.05, 3.63) is 35.7 Å². The highest BCUT2D eigenvalue weighted by Crippen LogP contribution is 2.28. The van der Waals surface area contributed by atoms with Gasteiger partial charge in [-0.1, -0.05) is 19.9 Å². The number of halogens is 3. The van der Waals surface area contributed by atoms with Crippen LogP contribution in [0.2, 0.25) is 0 Å². The molecule has 0 radical (unpaired) electrons. The average molecular weight is 313 g/mol. The third kappa shape index (κ3) is 3.74. The van der Waals surface area contributed by atoms with E-state index in [1.165, 1.54) is 12.1 Å². The van der Waals surface area contributed by atoms with E-state index < -0.39 is 17.9 Å². The zero-order chi connectivity index (χ0) is 16.3. The number of nitrogens with zero attached hydrogens (tertiary/aromatic N) is 2. The number of hydrogen-bond donors (Lipinski definition) is 3. The first-order valence-corrected chi connectivity index (χ1v) is 6.43. The molecule has 2 rings (SSSR count). The highest BCUT2D eigenvalue weighted by Gasteiger charge is 2.32. The van der Waals surface area contributed by atoms with Gasteiger partial charge in [-0.2, -0.15) is 18.3 Å². The number of rotatable bonds is 3. The van der Waals surface area contributed by atoms with Crippen molar-refractivity contribution in [1.29, 1.82) is 0 Å². The van der Waals surface area contributed by atoms with Gasteiger partial charge in [0.05, 0.1) is 6.20 Å². The summed E-state index contributed by atoms with van der Waals surface area (Å²) in [6.45, 7) is 3.84. The number of aromatic amines is 1. The maximum atomic E-state index is 12.5. The first kappa shape index (κ1) is 15.8. The summed E-state index contributed by atoms with van der Waals surface area (Å²) in [6, 6.07) is 2.55. The molecule has 2 aromatic rings. The summed E-state index contributed by atoms with van der Waals surface area (Å²) in [5.41, 5.74) is -0.290. The number of aromatic nitrogens is 3. The third-order valence-corrected chi connectivity index (χ3v) is 2.81. The molecule has 0 saturated carbocycles. The van der Waals surface area contributed by atoms with Crippen LogP contribution in [0.1, 0.15) is 31.0 Å². The Morgan fingerprint density at radius 1 is 1.27 bits per heavy atom. The lowest BCUT2D eigenvalue weighted by molar-refractivity contribution is -0.141. The van der Waals surface area contributed by atoms with E-state index >= 15 is 0 Å². The van der Waals surface area contributed by atoms with Crippen LogP contribution >= 0.6 is 0 Å². The van der Waals surface area contributed by atoms with Gasteiger partial charge in [0.15, 0.2) is 0 Å². The highest BCUT2D eigenvalue weighted by atomic mass is 19.4. The number of urea groups is 1. The van der Waals surface area contributed by atoms with Gasteiger partial charge >= 0.3 is 12.2 Å². The summed E-state index contributed by atoms with van der Waals surface area (Å²) in [5, 5.41) is 11.2. The van der Waals surface area contributed by atoms with Crippen LogP contribution in [-0.4, -0.2) is 21.2 Å². The van der Waals surface area contributed by atoms with Crippen LogP contribution in [0.5, 0.6) is 0 Å². The molecule has 2 amide bonds. The molecule has 0 aromatic carbocycles. The summed E-state index contributed by atoms with van der Waals surface area (Å²) in [5.74, 6) is 0.318. The fourth-order valence-electron chi connectivity index (χ4n) is 1.76. The SMILES string of the molecule is CC(C)c1cn[nH]c1NC(=O)Nc1cccc(C(F)(F)F)n1. The summed E-state index contributed by atoms with van der Waals surface area (Å²) in [4.78, 5) is 15.2. The molecule has 0 aliphatic rings. The fraction of sp³-hybridized carbons (Fsp3) is 0.308.